The first-order valence-corrected chi connectivity index (χ1v) is 5.95. The lowest BCUT2D eigenvalue weighted by Crippen LogP contribution is -2.30. The lowest BCUT2D eigenvalue weighted by molar-refractivity contribution is 0.577. The molecule has 1 unspecified atom stereocenters. The van der Waals surface area contributed by atoms with Crippen LogP contribution in [0.15, 0.2) is 4.99 Å². The molecule has 1 atom stereocenters. The van der Waals surface area contributed by atoms with Crippen LogP contribution in [0.1, 0.15) is 34.6 Å². The number of thioether (sulfide) groups is 1. The van der Waals surface area contributed by atoms with E-state index in [2.05, 4.69) is 39.6 Å². The third-order valence-electron chi connectivity index (χ3n) is 1.69. The van der Waals surface area contributed by atoms with Crippen molar-refractivity contribution < 1.29 is 0 Å². The molecule has 2 nitrogen and oxygen atoms in total. The van der Waals surface area contributed by atoms with E-state index in [0.717, 1.165) is 17.3 Å². The Bertz CT molecular complexity index is 170. The zero-order chi connectivity index (χ0) is 10.5. The SMILES string of the molecule is CCSCC(C)N=C(N)C(C)(C)C. The van der Waals surface area contributed by atoms with Gasteiger partial charge >= 0.3 is 0 Å². The summed E-state index contributed by atoms with van der Waals surface area (Å²) in [5.41, 5.74) is 5.87. The highest BCUT2D eigenvalue weighted by atomic mass is 32.2. The van der Waals surface area contributed by atoms with Crippen molar-refractivity contribution in [1.82, 2.24) is 0 Å². The molecule has 0 radical (unpaired) electrons. The summed E-state index contributed by atoms with van der Waals surface area (Å²) >= 11 is 1.91. The van der Waals surface area contributed by atoms with Crippen LogP contribution >= 0.6 is 11.8 Å². The summed E-state index contributed by atoms with van der Waals surface area (Å²) in [5, 5.41) is 0. The average Bonchev–Trinajstić information content (AvgIpc) is 1.99. The molecular weight excluding hydrogens is 180 g/mol. The van der Waals surface area contributed by atoms with Gasteiger partial charge in [0.15, 0.2) is 0 Å². The van der Waals surface area contributed by atoms with Gasteiger partial charge in [-0.25, -0.2) is 0 Å². The van der Waals surface area contributed by atoms with Gasteiger partial charge in [0, 0.05) is 11.2 Å². The van der Waals surface area contributed by atoms with Gasteiger partial charge in [-0.05, 0) is 12.7 Å². The van der Waals surface area contributed by atoms with Gasteiger partial charge in [0.25, 0.3) is 0 Å². The number of nitrogens with zero attached hydrogens (tertiary/aromatic N) is 1. The number of aliphatic imine (C=N–C) groups is 1. The molecule has 0 saturated heterocycles. The van der Waals surface area contributed by atoms with Gasteiger partial charge in [-0.15, -0.1) is 0 Å². The maximum absolute atomic E-state index is 5.86. The van der Waals surface area contributed by atoms with Crippen molar-refractivity contribution in [3.05, 3.63) is 0 Å². The summed E-state index contributed by atoms with van der Waals surface area (Å²) in [4.78, 5) is 4.46. The largest absolute Gasteiger partial charge is 0.387 e. The number of hydrogen-bond donors (Lipinski definition) is 1. The van der Waals surface area contributed by atoms with Crippen LogP contribution < -0.4 is 5.73 Å². The lowest BCUT2D eigenvalue weighted by Gasteiger charge is -2.19. The highest BCUT2D eigenvalue weighted by Crippen LogP contribution is 2.14. The zero-order valence-electron chi connectivity index (χ0n) is 9.42. The zero-order valence-corrected chi connectivity index (χ0v) is 10.2. The summed E-state index contributed by atoms with van der Waals surface area (Å²) in [6.45, 7) is 10.5. The minimum Gasteiger partial charge on any atom is -0.387 e. The predicted molar refractivity (Wildman–Crippen MR) is 63.5 cm³/mol. The van der Waals surface area contributed by atoms with Gasteiger partial charge in [0.05, 0.1) is 11.9 Å². The topological polar surface area (TPSA) is 38.4 Å². The highest BCUT2D eigenvalue weighted by Gasteiger charge is 2.16. The first kappa shape index (κ1) is 12.8. The van der Waals surface area contributed by atoms with E-state index in [0.29, 0.717) is 6.04 Å². The molecule has 0 aliphatic rings. The Morgan fingerprint density at radius 2 is 2.00 bits per heavy atom. The van der Waals surface area contributed by atoms with Crippen molar-refractivity contribution in [1.29, 1.82) is 0 Å². The second-order valence-corrected chi connectivity index (χ2v) is 5.59. The molecule has 0 aromatic carbocycles. The van der Waals surface area contributed by atoms with Gasteiger partial charge in [-0.2, -0.15) is 11.8 Å². The lowest BCUT2D eigenvalue weighted by atomic mass is 9.95. The maximum atomic E-state index is 5.86. The number of nitrogens with two attached hydrogens (primary N) is 1. The van der Waals surface area contributed by atoms with Crippen LogP contribution in [0.5, 0.6) is 0 Å². The van der Waals surface area contributed by atoms with Gasteiger partial charge in [0.2, 0.25) is 0 Å². The Hall–Kier alpha value is -0.180. The second kappa shape index (κ2) is 5.53. The van der Waals surface area contributed by atoms with E-state index in [9.17, 15) is 0 Å². The Morgan fingerprint density at radius 1 is 1.46 bits per heavy atom. The van der Waals surface area contributed by atoms with Gasteiger partial charge < -0.3 is 5.73 Å². The first-order chi connectivity index (χ1) is 5.88. The molecule has 0 spiro atoms. The Balaban J connectivity index is 4.06. The molecule has 0 fully saturated rings. The second-order valence-electron chi connectivity index (χ2n) is 4.27. The Labute approximate surface area is 86.4 Å². The fraction of sp³-hybridized carbons (Fsp3) is 0.900. The molecule has 0 aromatic rings. The molecule has 0 aliphatic heterocycles. The van der Waals surface area contributed by atoms with E-state index in [1.807, 2.05) is 11.8 Å². The summed E-state index contributed by atoms with van der Waals surface area (Å²) in [7, 11) is 0. The van der Waals surface area contributed by atoms with E-state index in [1.165, 1.54) is 0 Å². The third-order valence-corrected chi connectivity index (χ3v) is 2.82. The van der Waals surface area contributed by atoms with Gasteiger partial charge in [0.1, 0.15) is 0 Å². The van der Waals surface area contributed by atoms with Crippen molar-refractivity contribution in [3.63, 3.8) is 0 Å². The smallest absolute Gasteiger partial charge is 0.0994 e. The summed E-state index contributed by atoms with van der Waals surface area (Å²) < 4.78 is 0. The molecule has 0 aromatic heterocycles. The van der Waals surface area contributed by atoms with E-state index in [-0.39, 0.29) is 5.41 Å². The summed E-state index contributed by atoms with van der Waals surface area (Å²) in [6, 6.07) is 0.337. The molecule has 0 aliphatic carbocycles. The molecule has 2 N–H and O–H groups in total. The van der Waals surface area contributed by atoms with Crippen LogP contribution in [-0.2, 0) is 0 Å². The van der Waals surface area contributed by atoms with E-state index < -0.39 is 0 Å². The molecule has 78 valence electrons. The minimum atomic E-state index is 0.00510. The highest BCUT2D eigenvalue weighted by molar-refractivity contribution is 7.99. The average molecular weight is 202 g/mol. The molecule has 13 heavy (non-hydrogen) atoms. The first-order valence-electron chi connectivity index (χ1n) is 4.79. The molecule has 0 amide bonds. The predicted octanol–water partition coefficient (Wildman–Crippen LogP) is 2.53. The van der Waals surface area contributed by atoms with Crippen molar-refractivity contribution in [2.24, 2.45) is 16.1 Å². The molecule has 0 saturated carbocycles. The van der Waals surface area contributed by atoms with Crippen molar-refractivity contribution in [2.45, 2.75) is 40.7 Å². The van der Waals surface area contributed by atoms with Gasteiger partial charge in [-0.3, -0.25) is 4.99 Å². The fourth-order valence-electron chi connectivity index (χ4n) is 0.757. The molecule has 0 bridgehead atoms. The van der Waals surface area contributed by atoms with E-state index in [4.69, 9.17) is 5.73 Å². The summed E-state index contributed by atoms with van der Waals surface area (Å²) in [5.74, 6) is 2.97. The summed E-state index contributed by atoms with van der Waals surface area (Å²) in [6.07, 6.45) is 0. The normalized spacial score (nSPS) is 15.9. The Kier molecular flexibility index (Phi) is 5.45. The van der Waals surface area contributed by atoms with Crippen molar-refractivity contribution in [3.8, 4) is 0 Å². The Morgan fingerprint density at radius 3 is 2.38 bits per heavy atom. The van der Waals surface area contributed by atoms with Crippen LogP contribution in [0.25, 0.3) is 0 Å². The van der Waals surface area contributed by atoms with Crippen LogP contribution in [0, 0.1) is 5.41 Å². The minimum absolute atomic E-state index is 0.00510. The number of rotatable bonds is 4. The standard InChI is InChI=1S/C10H22N2S/c1-6-13-7-8(2)12-9(11)10(3,4)5/h8H,6-7H2,1-5H3,(H2,11,12). The van der Waals surface area contributed by atoms with Crippen LogP contribution in [0.3, 0.4) is 0 Å². The third kappa shape index (κ3) is 5.97. The fourth-order valence-corrected chi connectivity index (χ4v) is 1.41. The maximum Gasteiger partial charge on any atom is 0.0994 e. The van der Waals surface area contributed by atoms with Crippen LogP contribution in [-0.4, -0.2) is 23.4 Å². The van der Waals surface area contributed by atoms with Crippen molar-refractivity contribution >= 4 is 17.6 Å². The molecule has 0 rings (SSSR count). The molecule has 3 heteroatoms. The quantitative estimate of drug-likeness (QED) is 0.562. The van der Waals surface area contributed by atoms with E-state index >= 15 is 0 Å². The molecular formula is C10H22N2S. The number of hydrogen-bond acceptors (Lipinski definition) is 2. The van der Waals surface area contributed by atoms with E-state index in [1.54, 1.807) is 0 Å². The van der Waals surface area contributed by atoms with Crippen LogP contribution in [0.4, 0.5) is 0 Å². The number of amidine groups is 1. The van der Waals surface area contributed by atoms with Crippen molar-refractivity contribution in [2.75, 3.05) is 11.5 Å². The molecule has 0 heterocycles. The monoisotopic (exact) mass is 202 g/mol. The van der Waals surface area contributed by atoms with Crippen LogP contribution in [0.2, 0.25) is 0 Å². The van der Waals surface area contributed by atoms with Gasteiger partial charge in [-0.1, -0.05) is 27.7 Å².